The number of aryl methyl sites for hydroxylation is 1. The van der Waals surface area contributed by atoms with Gasteiger partial charge in [-0.3, -0.25) is 4.40 Å². The van der Waals surface area contributed by atoms with E-state index in [9.17, 15) is 0 Å². The first-order chi connectivity index (χ1) is 10.8. The summed E-state index contributed by atoms with van der Waals surface area (Å²) in [6, 6.07) is 16.6. The van der Waals surface area contributed by atoms with Gasteiger partial charge in [0.25, 0.3) is 0 Å². The normalized spacial score (nSPS) is 11.0. The second kappa shape index (κ2) is 5.31. The Morgan fingerprint density at radius 1 is 1.05 bits per heavy atom. The maximum Gasteiger partial charge on any atom is 0.143 e. The van der Waals surface area contributed by atoms with Crippen LogP contribution in [0, 0.1) is 6.92 Å². The summed E-state index contributed by atoms with van der Waals surface area (Å²) in [5, 5.41) is 7.72. The maximum atomic E-state index is 4.78. The van der Waals surface area contributed by atoms with Crippen LogP contribution in [0.3, 0.4) is 0 Å². The van der Waals surface area contributed by atoms with Crippen LogP contribution < -0.4 is 5.32 Å². The molecule has 0 unspecified atom stereocenters. The van der Waals surface area contributed by atoms with Gasteiger partial charge in [-0.1, -0.05) is 23.8 Å². The van der Waals surface area contributed by atoms with E-state index in [2.05, 4.69) is 57.7 Å². The molecule has 3 heterocycles. The van der Waals surface area contributed by atoms with Crippen molar-refractivity contribution in [2.45, 2.75) is 6.92 Å². The second-order valence-corrected chi connectivity index (χ2v) is 6.02. The van der Waals surface area contributed by atoms with Crippen molar-refractivity contribution in [2.75, 3.05) is 5.32 Å². The highest BCUT2D eigenvalue weighted by atomic mass is 32.1. The zero-order valence-corrected chi connectivity index (χ0v) is 13.0. The first kappa shape index (κ1) is 13.1. The average molecular weight is 305 g/mol. The maximum absolute atomic E-state index is 4.78. The molecule has 4 rings (SSSR count). The van der Waals surface area contributed by atoms with Crippen LogP contribution >= 0.6 is 11.3 Å². The number of rotatable bonds is 3. The first-order valence-corrected chi connectivity index (χ1v) is 8.09. The number of nitrogens with one attached hydrogen (secondary N) is 1. The fourth-order valence-electron chi connectivity index (χ4n) is 2.49. The zero-order valence-electron chi connectivity index (χ0n) is 12.2. The van der Waals surface area contributed by atoms with E-state index in [0.29, 0.717) is 0 Å². The number of fused-ring (bicyclic) bond motifs is 1. The predicted octanol–water partition coefficient (Wildman–Crippen LogP) is 5.11. The lowest BCUT2D eigenvalue weighted by atomic mass is 10.2. The summed E-state index contributed by atoms with van der Waals surface area (Å²) in [5.74, 6) is 0.998. The van der Waals surface area contributed by atoms with Crippen LogP contribution in [0.5, 0.6) is 0 Å². The van der Waals surface area contributed by atoms with Crippen molar-refractivity contribution in [3.63, 3.8) is 0 Å². The average Bonchev–Trinajstić information content (AvgIpc) is 3.18. The summed E-state index contributed by atoms with van der Waals surface area (Å²) >= 11 is 1.68. The quantitative estimate of drug-likeness (QED) is 0.569. The van der Waals surface area contributed by atoms with Crippen LogP contribution in [0.2, 0.25) is 0 Å². The van der Waals surface area contributed by atoms with Gasteiger partial charge in [0.15, 0.2) is 0 Å². The van der Waals surface area contributed by atoms with Gasteiger partial charge >= 0.3 is 0 Å². The molecule has 0 aliphatic heterocycles. The summed E-state index contributed by atoms with van der Waals surface area (Å²) in [7, 11) is 0. The molecule has 4 heteroatoms. The van der Waals surface area contributed by atoms with Crippen molar-refractivity contribution in [1.82, 2.24) is 9.38 Å². The van der Waals surface area contributed by atoms with Crippen molar-refractivity contribution >= 4 is 28.5 Å². The highest BCUT2D eigenvalue weighted by Gasteiger charge is 2.14. The van der Waals surface area contributed by atoms with Crippen LogP contribution in [-0.2, 0) is 0 Å². The van der Waals surface area contributed by atoms with Gasteiger partial charge in [0.1, 0.15) is 17.2 Å². The summed E-state index contributed by atoms with van der Waals surface area (Å²) < 4.78 is 2.09. The SMILES string of the molecule is Cc1ccc(Nc2c(-c3ccsc3)nc3ccccn23)cc1. The van der Waals surface area contributed by atoms with E-state index >= 15 is 0 Å². The van der Waals surface area contributed by atoms with Gasteiger partial charge in [-0.05, 0) is 42.6 Å². The Morgan fingerprint density at radius 3 is 2.68 bits per heavy atom. The van der Waals surface area contributed by atoms with Gasteiger partial charge in [0, 0.05) is 22.8 Å². The summed E-state index contributed by atoms with van der Waals surface area (Å²) in [5.41, 5.74) is 5.38. The van der Waals surface area contributed by atoms with Crippen LogP contribution in [0.25, 0.3) is 16.9 Å². The van der Waals surface area contributed by atoms with Gasteiger partial charge in [-0.2, -0.15) is 11.3 Å². The molecule has 0 spiro atoms. The first-order valence-electron chi connectivity index (χ1n) is 7.14. The molecule has 0 aliphatic rings. The Labute approximate surface area is 132 Å². The largest absolute Gasteiger partial charge is 0.339 e. The molecule has 3 nitrogen and oxygen atoms in total. The molecule has 1 aromatic carbocycles. The molecule has 0 radical (unpaired) electrons. The number of thiophene rings is 1. The highest BCUT2D eigenvalue weighted by molar-refractivity contribution is 7.08. The van der Waals surface area contributed by atoms with Crippen LogP contribution in [0.4, 0.5) is 11.5 Å². The Bertz CT molecular complexity index is 905. The smallest absolute Gasteiger partial charge is 0.143 e. The highest BCUT2D eigenvalue weighted by Crippen LogP contribution is 2.32. The van der Waals surface area contributed by atoms with Crippen molar-refractivity contribution in [2.24, 2.45) is 0 Å². The Balaban J connectivity index is 1.87. The fourth-order valence-corrected chi connectivity index (χ4v) is 3.13. The monoisotopic (exact) mass is 305 g/mol. The van der Waals surface area contributed by atoms with E-state index in [1.165, 1.54) is 5.56 Å². The van der Waals surface area contributed by atoms with Crippen molar-refractivity contribution < 1.29 is 0 Å². The number of benzene rings is 1. The number of hydrogen-bond donors (Lipinski definition) is 1. The molecular weight excluding hydrogens is 290 g/mol. The Hall–Kier alpha value is -2.59. The lowest BCUT2D eigenvalue weighted by Gasteiger charge is -2.08. The zero-order chi connectivity index (χ0) is 14.9. The van der Waals surface area contributed by atoms with E-state index in [1.807, 2.05) is 24.4 Å². The molecule has 0 fully saturated rings. The molecule has 0 aliphatic carbocycles. The molecule has 0 amide bonds. The molecule has 4 aromatic rings. The second-order valence-electron chi connectivity index (χ2n) is 5.24. The Morgan fingerprint density at radius 2 is 1.91 bits per heavy atom. The van der Waals surface area contributed by atoms with Crippen molar-refractivity contribution in [3.8, 4) is 11.3 Å². The predicted molar refractivity (Wildman–Crippen MR) is 93.0 cm³/mol. The standard InChI is InChI=1S/C18H15N3S/c1-13-5-7-15(8-6-13)19-18-17(14-9-11-22-12-14)20-16-4-2-3-10-21(16)18/h2-12,19H,1H3. The fraction of sp³-hybridized carbons (Fsp3) is 0.0556. The molecule has 0 saturated heterocycles. The molecule has 22 heavy (non-hydrogen) atoms. The van der Waals surface area contributed by atoms with Gasteiger partial charge in [0.2, 0.25) is 0 Å². The van der Waals surface area contributed by atoms with Crippen LogP contribution in [0.1, 0.15) is 5.56 Å². The van der Waals surface area contributed by atoms with Gasteiger partial charge in [0.05, 0.1) is 0 Å². The number of aromatic nitrogens is 2. The number of anilines is 2. The molecule has 0 saturated carbocycles. The minimum absolute atomic E-state index is 0.943. The number of pyridine rings is 1. The third kappa shape index (κ3) is 2.27. The van der Waals surface area contributed by atoms with Crippen molar-refractivity contribution in [1.29, 1.82) is 0 Å². The van der Waals surface area contributed by atoms with E-state index < -0.39 is 0 Å². The van der Waals surface area contributed by atoms with Gasteiger partial charge in [-0.15, -0.1) is 0 Å². The van der Waals surface area contributed by atoms with E-state index in [1.54, 1.807) is 11.3 Å². The summed E-state index contributed by atoms with van der Waals surface area (Å²) in [6.45, 7) is 2.09. The molecular formula is C18H15N3S. The summed E-state index contributed by atoms with van der Waals surface area (Å²) in [6.07, 6.45) is 2.04. The molecule has 108 valence electrons. The molecule has 0 atom stereocenters. The summed E-state index contributed by atoms with van der Waals surface area (Å²) in [4.78, 5) is 4.78. The van der Waals surface area contributed by atoms with E-state index in [-0.39, 0.29) is 0 Å². The topological polar surface area (TPSA) is 29.3 Å². The van der Waals surface area contributed by atoms with Crippen LogP contribution in [0.15, 0.2) is 65.5 Å². The third-order valence-electron chi connectivity index (χ3n) is 3.64. The molecule has 1 N–H and O–H groups in total. The minimum Gasteiger partial charge on any atom is -0.339 e. The Kier molecular flexibility index (Phi) is 3.16. The molecule has 3 aromatic heterocycles. The van der Waals surface area contributed by atoms with E-state index in [4.69, 9.17) is 4.98 Å². The van der Waals surface area contributed by atoms with Crippen LogP contribution in [-0.4, -0.2) is 9.38 Å². The number of imidazole rings is 1. The minimum atomic E-state index is 0.943. The van der Waals surface area contributed by atoms with E-state index in [0.717, 1.165) is 28.4 Å². The van der Waals surface area contributed by atoms with Gasteiger partial charge in [-0.25, -0.2) is 4.98 Å². The number of nitrogens with zero attached hydrogens (tertiary/aromatic N) is 2. The van der Waals surface area contributed by atoms with Gasteiger partial charge < -0.3 is 5.32 Å². The third-order valence-corrected chi connectivity index (χ3v) is 4.32. The molecule has 0 bridgehead atoms. The lowest BCUT2D eigenvalue weighted by Crippen LogP contribution is -1.96. The lowest BCUT2D eigenvalue weighted by molar-refractivity contribution is 1.18. The number of hydrogen-bond acceptors (Lipinski definition) is 3. The van der Waals surface area contributed by atoms with Crippen molar-refractivity contribution in [3.05, 3.63) is 71.1 Å².